The molecule has 1 nitrogen and oxygen atoms in total. The van der Waals surface area contributed by atoms with Crippen molar-refractivity contribution in [1.82, 2.24) is 5.32 Å². The van der Waals surface area contributed by atoms with Crippen LogP contribution in [0.25, 0.3) is 27.6 Å². The highest BCUT2D eigenvalue weighted by molar-refractivity contribution is 5.99. The molecule has 3 aromatic carbocycles. The van der Waals surface area contributed by atoms with Crippen LogP contribution < -0.4 is 5.32 Å². The molecule has 0 saturated heterocycles. The molecule has 0 unspecified atom stereocenters. The van der Waals surface area contributed by atoms with E-state index in [0.717, 1.165) is 6.54 Å². The Morgan fingerprint density at radius 3 is 2.46 bits per heavy atom. The Bertz CT molecular complexity index is 976. The highest BCUT2D eigenvalue weighted by Crippen LogP contribution is 2.33. The first-order valence-corrected chi connectivity index (χ1v) is 8.44. The first-order valence-electron chi connectivity index (χ1n) is 8.44. The van der Waals surface area contributed by atoms with Gasteiger partial charge in [-0.15, -0.1) is 0 Å². The molecule has 3 aromatic rings. The lowest BCUT2D eigenvalue weighted by atomic mass is 9.92. The first-order chi connectivity index (χ1) is 11.7. The van der Waals surface area contributed by atoms with E-state index in [1.54, 1.807) is 0 Å². The lowest BCUT2D eigenvalue weighted by Crippen LogP contribution is -2.14. The second-order valence-electron chi connectivity index (χ2n) is 6.39. The van der Waals surface area contributed by atoms with Crippen LogP contribution in [-0.4, -0.2) is 6.54 Å². The van der Waals surface area contributed by atoms with Gasteiger partial charge in [0.1, 0.15) is 0 Å². The van der Waals surface area contributed by atoms with E-state index in [-0.39, 0.29) is 0 Å². The Morgan fingerprint density at radius 2 is 1.62 bits per heavy atom. The minimum absolute atomic E-state index is 0.891. The zero-order valence-electron chi connectivity index (χ0n) is 14.1. The Kier molecular flexibility index (Phi) is 3.70. The van der Waals surface area contributed by atoms with Crippen molar-refractivity contribution < 1.29 is 0 Å². The van der Waals surface area contributed by atoms with Crippen LogP contribution in [0.15, 0.2) is 72.8 Å². The molecular weight excluding hydrogens is 290 g/mol. The Hall–Kier alpha value is -2.80. The average Bonchev–Trinajstić information content (AvgIpc) is 2.63. The van der Waals surface area contributed by atoms with Crippen molar-refractivity contribution in [3.8, 4) is 11.1 Å². The molecule has 0 amide bonds. The number of allylic oxidation sites excluding steroid dienone is 2. The number of dihydropyridines is 1. The summed E-state index contributed by atoms with van der Waals surface area (Å²) in [6, 6.07) is 19.9. The number of hydrogen-bond acceptors (Lipinski definition) is 1. The number of nitrogens with one attached hydrogen (secondary N) is 1. The second-order valence-corrected chi connectivity index (χ2v) is 6.39. The van der Waals surface area contributed by atoms with E-state index in [4.69, 9.17) is 0 Å². The molecule has 4 rings (SSSR count). The van der Waals surface area contributed by atoms with Crippen LogP contribution in [0.2, 0.25) is 0 Å². The maximum atomic E-state index is 3.45. The van der Waals surface area contributed by atoms with E-state index in [9.17, 15) is 0 Å². The Labute approximate surface area is 143 Å². The molecule has 0 bridgehead atoms. The smallest absolute Gasteiger partial charge is 0.0416 e. The zero-order chi connectivity index (χ0) is 16.5. The molecule has 0 aliphatic carbocycles. The van der Waals surface area contributed by atoms with Crippen LogP contribution in [0.3, 0.4) is 0 Å². The van der Waals surface area contributed by atoms with E-state index in [2.05, 4.69) is 92.0 Å². The molecule has 1 heterocycles. The molecule has 0 fully saturated rings. The summed E-state index contributed by atoms with van der Waals surface area (Å²) in [6.07, 6.45) is 6.39. The minimum Gasteiger partial charge on any atom is -0.381 e. The van der Waals surface area contributed by atoms with Crippen LogP contribution in [-0.2, 0) is 0 Å². The summed E-state index contributed by atoms with van der Waals surface area (Å²) < 4.78 is 0. The maximum absolute atomic E-state index is 3.45. The van der Waals surface area contributed by atoms with Gasteiger partial charge in [0.05, 0.1) is 0 Å². The van der Waals surface area contributed by atoms with Crippen molar-refractivity contribution in [3.05, 3.63) is 89.5 Å². The maximum Gasteiger partial charge on any atom is 0.0416 e. The molecule has 1 heteroatoms. The van der Waals surface area contributed by atoms with Crippen molar-refractivity contribution in [1.29, 1.82) is 0 Å². The van der Waals surface area contributed by atoms with E-state index in [0.29, 0.717) is 0 Å². The minimum atomic E-state index is 0.891. The molecule has 0 spiro atoms. The van der Waals surface area contributed by atoms with Crippen LogP contribution in [0.1, 0.15) is 16.7 Å². The van der Waals surface area contributed by atoms with Crippen molar-refractivity contribution in [3.63, 3.8) is 0 Å². The van der Waals surface area contributed by atoms with Crippen molar-refractivity contribution in [2.75, 3.05) is 6.54 Å². The van der Waals surface area contributed by atoms with Crippen molar-refractivity contribution in [2.24, 2.45) is 0 Å². The topological polar surface area (TPSA) is 12.0 Å². The van der Waals surface area contributed by atoms with Crippen LogP contribution in [0, 0.1) is 13.8 Å². The summed E-state index contributed by atoms with van der Waals surface area (Å²) in [5.74, 6) is 0. The molecule has 1 aliphatic heterocycles. The molecule has 0 radical (unpaired) electrons. The van der Waals surface area contributed by atoms with Gasteiger partial charge in [-0.25, -0.2) is 0 Å². The SMILES string of the molecule is Cc1ccc(C2=CC=CCN2)cc1-c1cccc2c(C)cccc12. The number of aryl methyl sites for hydroxylation is 2. The quantitative estimate of drug-likeness (QED) is 0.647. The fourth-order valence-electron chi connectivity index (χ4n) is 3.44. The van der Waals surface area contributed by atoms with E-state index < -0.39 is 0 Å². The summed E-state index contributed by atoms with van der Waals surface area (Å²) in [5, 5.41) is 6.11. The normalized spacial score (nSPS) is 13.7. The average molecular weight is 311 g/mol. The van der Waals surface area contributed by atoms with Crippen LogP contribution in [0.4, 0.5) is 0 Å². The third-order valence-corrected chi connectivity index (χ3v) is 4.79. The van der Waals surface area contributed by atoms with Gasteiger partial charge in [0, 0.05) is 12.2 Å². The monoisotopic (exact) mass is 311 g/mol. The molecule has 0 aromatic heterocycles. The summed E-state index contributed by atoms with van der Waals surface area (Å²) >= 11 is 0. The first kappa shape index (κ1) is 14.8. The molecule has 1 N–H and O–H groups in total. The van der Waals surface area contributed by atoms with Crippen LogP contribution in [0.5, 0.6) is 0 Å². The lowest BCUT2D eigenvalue weighted by molar-refractivity contribution is 0.995. The fourth-order valence-corrected chi connectivity index (χ4v) is 3.44. The Balaban J connectivity index is 1.92. The van der Waals surface area contributed by atoms with Crippen molar-refractivity contribution in [2.45, 2.75) is 13.8 Å². The number of fused-ring (bicyclic) bond motifs is 1. The standard InChI is InChI=1S/C23H21N/c1-16-7-5-9-20-19(16)8-6-10-21(20)22-15-18(13-12-17(22)2)23-11-3-4-14-24-23/h3-13,15,24H,14H2,1-2H3. The molecule has 118 valence electrons. The number of rotatable bonds is 2. The summed E-state index contributed by atoms with van der Waals surface area (Å²) in [5.41, 5.74) is 7.67. The predicted octanol–water partition coefficient (Wildman–Crippen LogP) is 5.62. The van der Waals surface area contributed by atoms with Gasteiger partial charge in [0.15, 0.2) is 0 Å². The third-order valence-electron chi connectivity index (χ3n) is 4.79. The van der Waals surface area contributed by atoms with Gasteiger partial charge in [0.25, 0.3) is 0 Å². The summed E-state index contributed by atoms with van der Waals surface area (Å²) in [4.78, 5) is 0. The van der Waals surface area contributed by atoms with Gasteiger partial charge in [0.2, 0.25) is 0 Å². The summed E-state index contributed by atoms with van der Waals surface area (Å²) in [7, 11) is 0. The number of hydrogen-bond donors (Lipinski definition) is 1. The van der Waals surface area contributed by atoms with Gasteiger partial charge >= 0.3 is 0 Å². The number of benzene rings is 3. The van der Waals surface area contributed by atoms with E-state index >= 15 is 0 Å². The Morgan fingerprint density at radius 1 is 0.792 bits per heavy atom. The van der Waals surface area contributed by atoms with Gasteiger partial charge in [-0.05, 0) is 64.6 Å². The highest BCUT2D eigenvalue weighted by atomic mass is 14.9. The third kappa shape index (κ3) is 2.52. The van der Waals surface area contributed by atoms with Crippen LogP contribution >= 0.6 is 0 Å². The summed E-state index contributed by atoms with van der Waals surface area (Å²) in [6.45, 7) is 5.26. The highest BCUT2D eigenvalue weighted by Gasteiger charge is 2.10. The lowest BCUT2D eigenvalue weighted by Gasteiger charge is -2.16. The second kappa shape index (κ2) is 6.01. The van der Waals surface area contributed by atoms with Gasteiger partial charge in [-0.3, -0.25) is 0 Å². The molecule has 24 heavy (non-hydrogen) atoms. The van der Waals surface area contributed by atoms with E-state index in [1.165, 1.54) is 44.3 Å². The predicted molar refractivity (Wildman–Crippen MR) is 104 cm³/mol. The molecular formula is C23H21N. The fraction of sp³-hybridized carbons (Fsp3) is 0.130. The van der Waals surface area contributed by atoms with Gasteiger partial charge in [-0.2, -0.15) is 0 Å². The molecule has 0 saturated carbocycles. The van der Waals surface area contributed by atoms with Gasteiger partial charge in [-0.1, -0.05) is 60.7 Å². The molecule has 0 atom stereocenters. The van der Waals surface area contributed by atoms with E-state index in [1.807, 2.05) is 0 Å². The molecule has 1 aliphatic rings. The zero-order valence-corrected chi connectivity index (χ0v) is 14.1. The largest absolute Gasteiger partial charge is 0.381 e. The van der Waals surface area contributed by atoms with Gasteiger partial charge < -0.3 is 5.32 Å². The van der Waals surface area contributed by atoms with Crippen molar-refractivity contribution >= 4 is 16.5 Å².